The van der Waals surface area contributed by atoms with Gasteiger partial charge in [0.15, 0.2) is 5.76 Å². The Bertz CT molecular complexity index is 375. The zero-order chi connectivity index (χ0) is 11.5. The molecule has 2 N–H and O–H groups in total. The van der Waals surface area contributed by atoms with Gasteiger partial charge in [0, 0.05) is 5.92 Å². The Kier molecular flexibility index (Phi) is 3.82. The van der Waals surface area contributed by atoms with Gasteiger partial charge in [-0.15, -0.1) is 0 Å². The van der Waals surface area contributed by atoms with Gasteiger partial charge < -0.3 is 10.2 Å². The topological polar surface area (TPSA) is 56.2 Å². The number of carbonyl (C=O) groups is 1. The standard InChI is InChI=1S/C12H16BrNO2/c13-10-5-6-16-12(10)11(15)9-4-2-1-3-8(9)7-14/h5-6,8-9H,1-4,7,14H2. The summed E-state index contributed by atoms with van der Waals surface area (Å²) in [6.45, 7) is 0.592. The van der Waals surface area contributed by atoms with Crippen molar-refractivity contribution in [2.45, 2.75) is 25.7 Å². The van der Waals surface area contributed by atoms with Gasteiger partial charge in [0.25, 0.3) is 0 Å². The fourth-order valence-electron chi connectivity index (χ4n) is 2.47. The summed E-state index contributed by atoms with van der Waals surface area (Å²) in [6.07, 6.45) is 5.84. The van der Waals surface area contributed by atoms with Crippen LogP contribution in [0.1, 0.15) is 36.2 Å². The molecule has 0 aromatic carbocycles. The van der Waals surface area contributed by atoms with Crippen LogP contribution in [0.25, 0.3) is 0 Å². The molecule has 3 nitrogen and oxygen atoms in total. The van der Waals surface area contributed by atoms with E-state index in [2.05, 4.69) is 15.9 Å². The molecule has 0 amide bonds. The lowest BCUT2D eigenvalue weighted by atomic mass is 9.76. The van der Waals surface area contributed by atoms with Crippen molar-refractivity contribution in [2.75, 3.05) is 6.54 Å². The van der Waals surface area contributed by atoms with Gasteiger partial charge in [-0.3, -0.25) is 4.79 Å². The van der Waals surface area contributed by atoms with Gasteiger partial charge in [-0.05, 0) is 47.3 Å². The van der Waals surface area contributed by atoms with Gasteiger partial charge in [-0.25, -0.2) is 0 Å². The number of ketones is 1. The van der Waals surface area contributed by atoms with Crippen molar-refractivity contribution in [1.82, 2.24) is 0 Å². The highest BCUT2D eigenvalue weighted by atomic mass is 79.9. The molecular formula is C12H16BrNO2. The lowest BCUT2D eigenvalue weighted by Gasteiger charge is -2.28. The fourth-order valence-corrected chi connectivity index (χ4v) is 2.87. The number of rotatable bonds is 3. The first-order chi connectivity index (χ1) is 7.74. The molecule has 0 spiro atoms. The molecule has 1 aliphatic rings. The van der Waals surface area contributed by atoms with E-state index >= 15 is 0 Å². The molecule has 4 heteroatoms. The zero-order valence-corrected chi connectivity index (χ0v) is 10.7. The molecular weight excluding hydrogens is 270 g/mol. The minimum Gasteiger partial charge on any atom is -0.460 e. The van der Waals surface area contributed by atoms with E-state index in [-0.39, 0.29) is 11.7 Å². The molecule has 2 unspecified atom stereocenters. The molecule has 1 saturated carbocycles. The highest BCUT2D eigenvalue weighted by molar-refractivity contribution is 9.10. The second-order valence-electron chi connectivity index (χ2n) is 4.35. The molecule has 0 saturated heterocycles. The minimum absolute atomic E-state index is 0.0428. The van der Waals surface area contributed by atoms with Crippen LogP contribution in [-0.2, 0) is 0 Å². The van der Waals surface area contributed by atoms with Crippen molar-refractivity contribution in [3.8, 4) is 0 Å². The van der Waals surface area contributed by atoms with Crippen molar-refractivity contribution >= 4 is 21.7 Å². The molecule has 0 radical (unpaired) electrons. The number of hydrogen-bond donors (Lipinski definition) is 1. The monoisotopic (exact) mass is 285 g/mol. The summed E-state index contributed by atoms with van der Waals surface area (Å²) in [7, 11) is 0. The Morgan fingerprint density at radius 1 is 1.50 bits per heavy atom. The highest BCUT2D eigenvalue weighted by Gasteiger charge is 2.32. The number of hydrogen-bond acceptors (Lipinski definition) is 3. The van der Waals surface area contributed by atoms with Crippen LogP contribution in [0.3, 0.4) is 0 Å². The Balaban J connectivity index is 2.17. The number of furan rings is 1. The van der Waals surface area contributed by atoms with Crippen LogP contribution in [0.5, 0.6) is 0 Å². The van der Waals surface area contributed by atoms with E-state index in [0.717, 1.165) is 23.7 Å². The van der Waals surface area contributed by atoms with E-state index in [1.807, 2.05) is 0 Å². The first-order valence-electron chi connectivity index (χ1n) is 5.71. The smallest absolute Gasteiger partial charge is 0.202 e. The predicted molar refractivity (Wildman–Crippen MR) is 65.2 cm³/mol. The maximum absolute atomic E-state index is 12.3. The summed E-state index contributed by atoms with van der Waals surface area (Å²) in [4.78, 5) is 12.3. The lowest BCUT2D eigenvalue weighted by molar-refractivity contribution is 0.0799. The second kappa shape index (κ2) is 5.15. The second-order valence-corrected chi connectivity index (χ2v) is 5.20. The molecule has 1 aromatic heterocycles. The maximum Gasteiger partial charge on any atom is 0.202 e. The third-order valence-corrected chi connectivity index (χ3v) is 4.01. The summed E-state index contributed by atoms with van der Waals surface area (Å²) in [5.74, 6) is 0.914. The first-order valence-corrected chi connectivity index (χ1v) is 6.50. The van der Waals surface area contributed by atoms with Gasteiger partial charge >= 0.3 is 0 Å². The van der Waals surface area contributed by atoms with E-state index in [0.29, 0.717) is 18.2 Å². The first kappa shape index (κ1) is 11.9. The Morgan fingerprint density at radius 3 is 2.88 bits per heavy atom. The SMILES string of the molecule is NCC1CCCCC1C(=O)c1occc1Br. The molecule has 88 valence electrons. The van der Waals surface area contributed by atoms with E-state index in [9.17, 15) is 4.79 Å². The maximum atomic E-state index is 12.3. The van der Waals surface area contributed by atoms with Crippen LogP contribution in [0.4, 0.5) is 0 Å². The average Bonchev–Trinajstić information content (AvgIpc) is 2.74. The summed E-state index contributed by atoms with van der Waals surface area (Å²) >= 11 is 3.33. The van der Waals surface area contributed by atoms with Crippen LogP contribution in [0, 0.1) is 11.8 Å². The summed E-state index contributed by atoms with van der Waals surface area (Å²) < 4.78 is 5.98. The van der Waals surface area contributed by atoms with Crippen LogP contribution in [-0.4, -0.2) is 12.3 Å². The van der Waals surface area contributed by atoms with E-state index in [4.69, 9.17) is 10.2 Å². The minimum atomic E-state index is 0.0428. The largest absolute Gasteiger partial charge is 0.460 e. The van der Waals surface area contributed by atoms with E-state index in [1.165, 1.54) is 12.7 Å². The van der Waals surface area contributed by atoms with Gasteiger partial charge in [0.05, 0.1) is 10.7 Å². The highest BCUT2D eigenvalue weighted by Crippen LogP contribution is 2.33. The van der Waals surface area contributed by atoms with Crippen LogP contribution in [0.2, 0.25) is 0 Å². The average molecular weight is 286 g/mol. The normalized spacial score (nSPS) is 25.6. The van der Waals surface area contributed by atoms with E-state index < -0.39 is 0 Å². The molecule has 1 aromatic rings. The molecule has 2 atom stereocenters. The van der Waals surface area contributed by atoms with Crippen LogP contribution < -0.4 is 5.73 Å². The number of nitrogens with two attached hydrogens (primary N) is 1. The number of carbonyl (C=O) groups excluding carboxylic acids is 1. The van der Waals surface area contributed by atoms with Crippen molar-refractivity contribution in [3.05, 3.63) is 22.6 Å². The molecule has 2 rings (SSSR count). The summed E-state index contributed by atoms with van der Waals surface area (Å²) in [5, 5.41) is 0. The summed E-state index contributed by atoms with van der Waals surface area (Å²) in [5.41, 5.74) is 5.73. The van der Waals surface area contributed by atoms with Gasteiger partial charge in [0.2, 0.25) is 5.78 Å². The summed E-state index contributed by atoms with van der Waals surface area (Å²) in [6, 6.07) is 1.76. The molecule has 1 aliphatic carbocycles. The van der Waals surface area contributed by atoms with Crippen LogP contribution in [0.15, 0.2) is 21.2 Å². The Hall–Kier alpha value is -0.610. The third kappa shape index (κ3) is 2.23. The third-order valence-electron chi connectivity index (χ3n) is 3.39. The van der Waals surface area contributed by atoms with Crippen molar-refractivity contribution in [1.29, 1.82) is 0 Å². The molecule has 0 bridgehead atoms. The number of halogens is 1. The fraction of sp³-hybridized carbons (Fsp3) is 0.583. The van der Waals surface area contributed by atoms with E-state index in [1.54, 1.807) is 6.07 Å². The van der Waals surface area contributed by atoms with Crippen LogP contribution >= 0.6 is 15.9 Å². The van der Waals surface area contributed by atoms with Gasteiger partial charge in [-0.1, -0.05) is 12.8 Å². The lowest BCUT2D eigenvalue weighted by Crippen LogP contribution is -2.32. The quantitative estimate of drug-likeness (QED) is 0.869. The number of Topliss-reactive ketones (excluding diaryl/α,β-unsaturated/α-hetero) is 1. The Labute approximate surface area is 104 Å². The van der Waals surface area contributed by atoms with Crippen molar-refractivity contribution in [3.63, 3.8) is 0 Å². The molecule has 1 fully saturated rings. The van der Waals surface area contributed by atoms with Crippen molar-refractivity contribution in [2.24, 2.45) is 17.6 Å². The van der Waals surface area contributed by atoms with Crippen molar-refractivity contribution < 1.29 is 9.21 Å². The molecule has 1 heterocycles. The molecule has 16 heavy (non-hydrogen) atoms. The Morgan fingerprint density at radius 2 is 2.25 bits per heavy atom. The predicted octanol–water partition coefficient (Wildman–Crippen LogP) is 2.99. The zero-order valence-electron chi connectivity index (χ0n) is 9.12. The molecule has 0 aliphatic heterocycles. The van der Waals surface area contributed by atoms with Gasteiger partial charge in [-0.2, -0.15) is 0 Å². The van der Waals surface area contributed by atoms with Gasteiger partial charge in [0.1, 0.15) is 0 Å².